The molecule has 1 aliphatic rings. The molecule has 16 heavy (non-hydrogen) atoms. The van der Waals surface area contributed by atoms with Crippen LogP contribution in [0.4, 0.5) is 5.82 Å². The Bertz CT molecular complexity index is 372. The quantitative estimate of drug-likeness (QED) is 0.762. The predicted molar refractivity (Wildman–Crippen MR) is 70.6 cm³/mol. The van der Waals surface area contributed by atoms with Gasteiger partial charge in [0.15, 0.2) is 0 Å². The van der Waals surface area contributed by atoms with Gasteiger partial charge in [-0.1, -0.05) is 18.5 Å². The summed E-state index contributed by atoms with van der Waals surface area (Å²) < 4.78 is 0. The van der Waals surface area contributed by atoms with E-state index in [0.29, 0.717) is 11.2 Å². The highest BCUT2D eigenvalue weighted by molar-refractivity contribution is 7.99. The number of rotatable bonds is 2. The van der Waals surface area contributed by atoms with Crippen LogP contribution in [0.25, 0.3) is 0 Å². The zero-order valence-electron chi connectivity index (χ0n) is 9.61. The third-order valence-electron chi connectivity index (χ3n) is 2.71. The Balaban J connectivity index is 2.27. The lowest BCUT2D eigenvalue weighted by atomic mass is 10.3. The van der Waals surface area contributed by atoms with Crippen molar-refractivity contribution in [1.29, 1.82) is 0 Å². The molecule has 1 aliphatic heterocycles. The van der Waals surface area contributed by atoms with E-state index in [4.69, 9.17) is 11.6 Å². The first-order valence-corrected chi connectivity index (χ1v) is 7.12. The van der Waals surface area contributed by atoms with Gasteiger partial charge in [-0.3, -0.25) is 0 Å². The zero-order valence-corrected chi connectivity index (χ0v) is 11.2. The summed E-state index contributed by atoms with van der Waals surface area (Å²) in [5, 5.41) is 0.548. The van der Waals surface area contributed by atoms with E-state index in [1.54, 1.807) is 0 Å². The molecule has 0 saturated carbocycles. The van der Waals surface area contributed by atoms with E-state index >= 15 is 0 Å². The molecule has 1 saturated heterocycles. The highest BCUT2D eigenvalue weighted by Crippen LogP contribution is 2.24. The molecule has 0 radical (unpaired) electrons. The lowest BCUT2D eigenvalue weighted by Gasteiger charge is -2.34. The number of hydrogen-bond donors (Lipinski definition) is 0. The van der Waals surface area contributed by atoms with Crippen LogP contribution < -0.4 is 4.90 Å². The molecule has 1 unspecified atom stereocenters. The van der Waals surface area contributed by atoms with Crippen molar-refractivity contribution < 1.29 is 0 Å². The van der Waals surface area contributed by atoms with E-state index in [-0.39, 0.29) is 0 Å². The maximum absolute atomic E-state index is 6.01. The lowest BCUT2D eigenvalue weighted by molar-refractivity contribution is 0.684. The van der Waals surface area contributed by atoms with E-state index < -0.39 is 0 Å². The highest BCUT2D eigenvalue weighted by atomic mass is 35.5. The van der Waals surface area contributed by atoms with Gasteiger partial charge < -0.3 is 4.90 Å². The third kappa shape index (κ3) is 2.61. The van der Waals surface area contributed by atoms with Crippen LogP contribution >= 0.6 is 23.4 Å². The Kier molecular flexibility index (Phi) is 3.92. The molecule has 3 nitrogen and oxygen atoms in total. The zero-order chi connectivity index (χ0) is 11.5. The van der Waals surface area contributed by atoms with Crippen LogP contribution in [-0.2, 0) is 6.42 Å². The number of nitrogens with zero attached hydrogens (tertiary/aromatic N) is 3. The Morgan fingerprint density at radius 3 is 3.06 bits per heavy atom. The van der Waals surface area contributed by atoms with Crippen molar-refractivity contribution in [3.8, 4) is 0 Å². The van der Waals surface area contributed by atoms with Crippen molar-refractivity contribution in [2.75, 3.05) is 23.0 Å². The van der Waals surface area contributed by atoms with Gasteiger partial charge in [-0.15, -0.1) is 0 Å². The Morgan fingerprint density at radius 1 is 1.56 bits per heavy atom. The van der Waals surface area contributed by atoms with Gasteiger partial charge in [0.05, 0.1) is 0 Å². The fourth-order valence-electron chi connectivity index (χ4n) is 1.82. The van der Waals surface area contributed by atoms with Gasteiger partial charge in [-0.2, -0.15) is 11.8 Å². The minimum absolute atomic E-state index is 0.523. The molecule has 1 aromatic rings. The summed E-state index contributed by atoms with van der Waals surface area (Å²) in [6, 6.07) is 2.39. The topological polar surface area (TPSA) is 29.0 Å². The fourth-order valence-corrected chi connectivity index (χ4v) is 3.03. The molecule has 0 bridgehead atoms. The van der Waals surface area contributed by atoms with Crippen molar-refractivity contribution in [3.05, 3.63) is 17.0 Å². The molecular weight excluding hydrogens is 242 g/mol. The Hall–Kier alpha value is -0.480. The number of hydrogen-bond acceptors (Lipinski definition) is 4. The molecule has 0 aliphatic carbocycles. The van der Waals surface area contributed by atoms with Gasteiger partial charge in [-0.05, 0) is 6.92 Å². The van der Waals surface area contributed by atoms with Gasteiger partial charge in [0.2, 0.25) is 0 Å². The Morgan fingerprint density at radius 2 is 2.38 bits per heavy atom. The summed E-state index contributed by atoms with van der Waals surface area (Å²) in [7, 11) is 0. The maximum Gasteiger partial charge on any atom is 0.134 e. The maximum atomic E-state index is 6.01. The molecular formula is C11H16ClN3S. The van der Waals surface area contributed by atoms with Gasteiger partial charge in [0.25, 0.3) is 0 Å². The number of halogens is 1. The second-order valence-electron chi connectivity index (χ2n) is 3.94. The number of thioether (sulfide) groups is 1. The van der Waals surface area contributed by atoms with E-state index in [2.05, 4.69) is 21.8 Å². The SMILES string of the molecule is CCc1nc(Cl)cc(N2CCSCC2C)n1. The first-order valence-electron chi connectivity index (χ1n) is 5.58. The molecule has 2 heterocycles. The van der Waals surface area contributed by atoms with Gasteiger partial charge in [0, 0.05) is 36.6 Å². The summed E-state index contributed by atoms with van der Waals surface area (Å²) in [4.78, 5) is 11.1. The van der Waals surface area contributed by atoms with Gasteiger partial charge in [0.1, 0.15) is 16.8 Å². The molecule has 1 fully saturated rings. The van der Waals surface area contributed by atoms with E-state index in [9.17, 15) is 0 Å². The van der Waals surface area contributed by atoms with Crippen LogP contribution in [0.2, 0.25) is 5.15 Å². The Labute approximate surface area is 106 Å². The lowest BCUT2D eigenvalue weighted by Crippen LogP contribution is -2.41. The third-order valence-corrected chi connectivity index (χ3v) is 4.09. The molecule has 0 spiro atoms. The van der Waals surface area contributed by atoms with E-state index in [1.165, 1.54) is 0 Å². The average molecular weight is 258 g/mol. The summed E-state index contributed by atoms with van der Waals surface area (Å²) >= 11 is 8.01. The minimum Gasteiger partial charge on any atom is -0.352 e. The van der Waals surface area contributed by atoms with E-state index in [0.717, 1.165) is 36.1 Å². The monoisotopic (exact) mass is 257 g/mol. The first-order chi connectivity index (χ1) is 7.70. The summed E-state index contributed by atoms with van der Waals surface area (Å²) in [6.45, 7) is 5.32. The van der Waals surface area contributed by atoms with Gasteiger partial charge in [-0.25, -0.2) is 9.97 Å². The van der Waals surface area contributed by atoms with Crippen LogP contribution in [0.3, 0.4) is 0 Å². The fraction of sp³-hybridized carbons (Fsp3) is 0.636. The summed E-state index contributed by atoms with van der Waals surface area (Å²) in [5.74, 6) is 4.12. The molecule has 88 valence electrons. The van der Waals surface area contributed by atoms with Crippen LogP contribution in [0, 0.1) is 0 Å². The largest absolute Gasteiger partial charge is 0.352 e. The van der Waals surface area contributed by atoms with Crippen LogP contribution in [0.1, 0.15) is 19.7 Å². The van der Waals surface area contributed by atoms with Crippen LogP contribution in [-0.4, -0.2) is 34.1 Å². The first kappa shape index (κ1) is 12.0. The predicted octanol–water partition coefficient (Wildman–Crippen LogP) is 2.63. The molecule has 2 rings (SSSR count). The van der Waals surface area contributed by atoms with Crippen molar-refractivity contribution in [2.24, 2.45) is 0 Å². The molecule has 1 aromatic heterocycles. The standard InChI is InChI=1S/C11H16ClN3S/c1-3-10-13-9(12)6-11(14-10)15-4-5-16-7-8(15)2/h6,8H,3-5,7H2,1-2H3. The van der Waals surface area contributed by atoms with Crippen LogP contribution in [0.15, 0.2) is 6.07 Å². The number of anilines is 1. The van der Waals surface area contributed by atoms with E-state index in [1.807, 2.05) is 24.8 Å². The van der Waals surface area contributed by atoms with Crippen molar-refractivity contribution in [3.63, 3.8) is 0 Å². The summed E-state index contributed by atoms with van der Waals surface area (Å²) in [5.41, 5.74) is 0. The van der Waals surface area contributed by atoms with Gasteiger partial charge >= 0.3 is 0 Å². The molecule has 0 amide bonds. The summed E-state index contributed by atoms with van der Waals surface area (Å²) in [6.07, 6.45) is 0.824. The van der Waals surface area contributed by atoms with Crippen molar-refractivity contribution in [1.82, 2.24) is 9.97 Å². The normalized spacial score (nSPS) is 21.2. The average Bonchev–Trinajstić information content (AvgIpc) is 2.28. The minimum atomic E-state index is 0.523. The number of aromatic nitrogens is 2. The molecule has 1 atom stereocenters. The van der Waals surface area contributed by atoms with Crippen molar-refractivity contribution in [2.45, 2.75) is 26.3 Å². The second-order valence-corrected chi connectivity index (χ2v) is 5.47. The molecule has 0 N–H and O–H groups in total. The smallest absolute Gasteiger partial charge is 0.134 e. The van der Waals surface area contributed by atoms with Crippen LogP contribution in [0.5, 0.6) is 0 Å². The molecule has 0 aromatic carbocycles. The second kappa shape index (κ2) is 5.23. The van der Waals surface area contributed by atoms with Crippen molar-refractivity contribution >= 4 is 29.2 Å². The number of aryl methyl sites for hydroxylation is 1. The highest BCUT2D eigenvalue weighted by Gasteiger charge is 2.20. The molecule has 5 heteroatoms.